The normalized spacial score (nSPS) is 13.4. The first-order chi connectivity index (χ1) is 10.9. The Morgan fingerprint density at radius 1 is 1.26 bits per heavy atom. The Balaban J connectivity index is 2.50. The maximum atomic E-state index is 11.7. The number of rotatable bonds is 10. The summed E-state index contributed by atoms with van der Waals surface area (Å²) in [6.45, 7) is 6.28. The number of carbonyl (C=O) groups is 1. The van der Waals surface area contributed by atoms with E-state index in [1.807, 2.05) is 12.1 Å². The number of carbonyl (C=O) groups excluding carboxylic acids is 1. The van der Waals surface area contributed by atoms with Crippen LogP contribution in [0.25, 0.3) is 0 Å². The first-order valence-corrected chi connectivity index (χ1v) is 9.87. The summed E-state index contributed by atoms with van der Waals surface area (Å²) in [5.74, 6) is 0.935. The van der Waals surface area contributed by atoms with E-state index in [9.17, 15) is 4.79 Å². The van der Waals surface area contributed by atoms with Crippen molar-refractivity contribution in [3.8, 4) is 11.5 Å². The van der Waals surface area contributed by atoms with Crippen LogP contribution in [0.15, 0.2) is 24.3 Å². The SMILES string of the molecule is COCCOc1cccc(O[PH](=S)N[C@@H](C)C(=O)OC(C)C)c1. The average Bonchev–Trinajstić information content (AvgIpc) is 2.47. The third-order valence-corrected chi connectivity index (χ3v) is 4.31. The molecule has 130 valence electrons. The van der Waals surface area contributed by atoms with Gasteiger partial charge >= 0.3 is 5.97 Å². The lowest BCUT2D eigenvalue weighted by molar-refractivity contribution is -0.148. The van der Waals surface area contributed by atoms with Crippen LogP contribution < -0.4 is 14.3 Å². The zero-order chi connectivity index (χ0) is 17.2. The molecule has 0 saturated heterocycles. The highest BCUT2D eigenvalue weighted by atomic mass is 32.4. The second-order valence-corrected chi connectivity index (χ2v) is 7.24. The van der Waals surface area contributed by atoms with Gasteiger partial charge in [0.25, 0.3) is 0 Å². The van der Waals surface area contributed by atoms with Crippen LogP contribution in [0.4, 0.5) is 0 Å². The number of nitrogens with one attached hydrogen (secondary N) is 1. The molecule has 1 aromatic rings. The topological polar surface area (TPSA) is 66.0 Å². The molecular formula is C15H24NO5PS. The molecule has 0 aliphatic heterocycles. The summed E-state index contributed by atoms with van der Waals surface area (Å²) in [5, 5.41) is 2.96. The van der Waals surface area contributed by atoms with Crippen molar-refractivity contribution in [2.24, 2.45) is 0 Å². The van der Waals surface area contributed by atoms with E-state index in [2.05, 4.69) is 5.09 Å². The molecule has 0 bridgehead atoms. The molecule has 1 aromatic carbocycles. The minimum atomic E-state index is -1.81. The van der Waals surface area contributed by atoms with Crippen LogP contribution in [0.2, 0.25) is 0 Å². The predicted octanol–water partition coefficient (Wildman–Crippen LogP) is 2.53. The highest BCUT2D eigenvalue weighted by Gasteiger charge is 2.16. The van der Waals surface area contributed by atoms with E-state index in [1.54, 1.807) is 40.0 Å². The molecule has 23 heavy (non-hydrogen) atoms. The van der Waals surface area contributed by atoms with Crippen molar-refractivity contribution in [2.45, 2.75) is 32.9 Å². The fraction of sp³-hybridized carbons (Fsp3) is 0.533. The molecular weight excluding hydrogens is 337 g/mol. The zero-order valence-corrected chi connectivity index (χ0v) is 15.6. The fourth-order valence-electron chi connectivity index (χ4n) is 1.58. The van der Waals surface area contributed by atoms with E-state index in [-0.39, 0.29) is 12.1 Å². The first-order valence-electron chi connectivity index (χ1n) is 7.33. The molecule has 0 heterocycles. The summed E-state index contributed by atoms with van der Waals surface area (Å²) in [4.78, 5) is 11.7. The largest absolute Gasteiger partial charge is 0.491 e. The van der Waals surface area contributed by atoms with Gasteiger partial charge in [-0.25, -0.2) is 5.09 Å². The maximum Gasteiger partial charge on any atom is 0.323 e. The molecule has 0 spiro atoms. The molecule has 1 unspecified atom stereocenters. The fourth-order valence-corrected chi connectivity index (χ4v) is 3.27. The van der Waals surface area contributed by atoms with Crippen LogP contribution in [0.5, 0.6) is 11.5 Å². The Hall–Kier alpha value is -1.14. The molecule has 8 heteroatoms. The van der Waals surface area contributed by atoms with Gasteiger partial charge in [-0.15, -0.1) is 0 Å². The Morgan fingerprint density at radius 3 is 2.61 bits per heavy atom. The number of methoxy groups -OCH3 is 1. The molecule has 0 amide bonds. The molecule has 0 aliphatic carbocycles. The van der Waals surface area contributed by atoms with Crippen molar-refractivity contribution in [1.29, 1.82) is 0 Å². The van der Waals surface area contributed by atoms with Gasteiger partial charge in [0, 0.05) is 13.2 Å². The first kappa shape index (κ1) is 19.9. The van der Waals surface area contributed by atoms with Crippen molar-refractivity contribution in [3.63, 3.8) is 0 Å². The minimum Gasteiger partial charge on any atom is -0.491 e. The summed E-state index contributed by atoms with van der Waals surface area (Å²) in [7, 11) is -0.193. The summed E-state index contributed by atoms with van der Waals surface area (Å²) < 4.78 is 21.2. The number of esters is 1. The molecule has 0 aromatic heterocycles. The van der Waals surface area contributed by atoms with Crippen molar-refractivity contribution < 1.29 is 23.5 Å². The average molecular weight is 361 g/mol. The van der Waals surface area contributed by atoms with Gasteiger partial charge in [-0.2, -0.15) is 0 Å². The molecule has 1 N–H and O–H groups in total. The quantitative estimate of drug-likeness (QED) is 0.390. The third-order valence-electron chi connectivity index (χ3n) is 2.61. The lowest BCUT2D eigenvalue weighted by Crippen LogP contribution is -2.33. The monoisotopic (exact) mass is 361 g/mol. The van der Waals surface area contributed by atoms with E-state index in [1.165, 1.54) is 0 Å². The van der Waals surface area contributed by atoms with Crippen LogP contribution in [0.3, 0.4) is 0 Å². The van der Waals surface area contributed by atoms with E-state index in [0.717, 1.165) is 0 Å². The Kier molecular flexibility index (Phi) is 9.17. The molecule has 0 radical (unpaired) electrons. The Morgan fingerprint density at radius 2 is 1.96 bits per heavy atom. The van der Waals surface area contributed by atoms with Gasteiger partial charge in [0.05, 0.1) is 12.7 Å². The molecule has 6 nitrogen and oxygen atoms in total. The van der Waals surface area contributed by atoms with Gasteiger partial charge in [-0.1, -0.05) is 6.07 Å². The van der Waals surface area contributed by atoms with Gasteiger partial charge < -0.3 is 18.7 Å². The van der Waals surface area contributed by atoms with Crippen molar-refractivity contribution >= 4 is 24.9 Å². The summed E-state index contributed by atoms with van der Waals surface area (Å²) in [5.41, 5.74) is 0. The van der Waals surface area contributed by atoms with Gasteiger partial charge in [-0.3, -0.25) is 4.79 Å². The maximum absolute atomic E-state index is 11.7. The summed E-state index contributed by atoms with van der Waals surface area (Å²) >= 11 is 5.28. The molecule has 0 saturated carbocycles. The van der Waals surface area contributed by atoms with Crippen LogP contribution in [0.1, 0.15) is 20.8 Å². The molecule has 0 fully saturated rings. The Labute approximate surface area is 143 Å². The lowest BCUT2D eigenvalue weighted by Gasteiger charge is -2.17. The van der Waals surface area contributed by atoms with Crippen LogP contribution in [0, 0.1) is 0 Å². The third kappa shape index (κ3) is 8.32. The van der Waals surface area contributed by atoms with Crippen LogP contribution >= 0.6 is 7.07 Å². The van der Waals surface area contributed by atoms with Crippen molar-refractivity contribution in [1.82, 2.24) is 5.09 Å². The summed E-state index contributed by atoms with van der Waals surface area (Å²) in [6.07, 6.45) is -0.158. The highest BCUT2D eigenvalue weighted by Crippen LogP contribution is 2.27. The van der Waals surface area contributed by atoms with Crippen molar-refractivity contribution in [3.05, 3.63) is 24.3 Å². The van der Waals surface area contributed by atoms with Crippen LogP contribution in [-0.4, -0.2) is 38.4 Å². The van der Waals surface area contributed by atoms with E-state index in [4.69, 9.17) is 30.5 Å². The standard InChI is InChI=1S/C15H24NO5PS/c1-11(2)20-15(17)12(3)16-22(23)21-14-7-5-6-13(10-14)19-9-8-18-4/h5-7,10-12,22H,8-9H2,1-4H3,(H,16,23)/t12-/m0/s1. The van der Waals surface area contributed by atoms with Gasteiger partial charge in [-0.05, 0) is 44.7 Å². The highest BCUT2D eigenvalue weighted by molar-refractivity contribution is 8.02. The van der Waals surface area contributed by atoms with Gasteiger partial charge in [0.1, 0.15) is 24.1 Å². The number of ether oxygens (including phenoxy) is 3. The molecule has 0 aliphatic rings. The smallest absolute Gasteiger partial charge is 0.323 e. The molecule has 1 rings (SSSR count). The second kappa shape index (κ2) is 10.6. The van der Waals surface area contributed by atoms with Gasteiger partial charge in [0.2, 0.25) is 0 Å². The number of benzene rings is 1. The molecule has 2 atom stereocenters. The lowest BCUT2D eigenvalue weighted by atomic mass is 10.3. The Bertz CT molecular complexity index is 526. The zero-order valence-electron chi connectivity index (χ0n) is 13.8. The van der Waals surface area contributed by atoms with Crippen molar-refractivity contribution in [2.75, 3.05) is 20.3 Å². The minimum absolute atomic E-state index is 0.158. The predicted molar refractivity (Wildman–Crippen MR) is 93.9 cm³/mol. The van der Waals surface area contributed by atoms with E-state index >= 15 is 0 Å². The van der Waals surface area contributed by atoms with Crippen LogP contribution in [-0.2, 0) is 26.1 Å². The summed E-state index contributed by atoms with van der Waals surface area (Å²) in [6, 6.07) is 6.68. The van der Waals surface area contributed by atoms with E-state index in [0.29, 0.717) is 24.7 Å². The van der Waals surface area contributed by atoms with Gasteiger partial charge in [0.15, 0.2) is 7.07 Å². The number of hydrogen-bond donors (Lipinski definition) is 1. The van der Waals surface area contributed by atoms with E-state index < -0.39 is 13.1 Å². The number of hydrogen-bond acceptors (Lipinski definition) is 6. The second-order valence-electron chi connectivity index (χ2n) is 5.06.